The highest BCUT2D eigenvalue weighted by atomic mass is 19.4. The van der Waals surface area contributed by atoms with Crippen LogP contribution in [0.15, 0.2) is 30.3 Å². The third kappa shape index (κ3) is 4.90. The zero-order valence-electron chi connectivity index (χ0n) is 9.86. The van der Waals surface area contributed by atoms with Crippen molar-refractivity contribution in [2.24, 2.45) is 0 Å². The van der Waals surface area contributed by atoms with Crippen molar-refractivity contribution >= 4 is 12.0 Å². The standard InChI is InChI=1S/C12H12F3NO2/c1-16(2)11(17)8-5-9-3-6-10(7-4-9)18-12(13,14)15/h3-8H,1-2H3/b8-5+. The summed E-state index contributed by atoms with van der Waals surface area (Å²) in [5.41, 5.74) is 0.611. The number of amides is 1. The largest absolute Gasteiger partial charge is 0.573 e. The third-order valence-electron chi connectivity index (χ3n) is 1.97. The lowest BCUT2D eigenvalue weighted by Gasteiger charge is -2.08. The molecule has 1 aromatic carbocycles. The molecule has 0 unspecified atom stereocenters. The van der Waals surface area contributed by atoms with Gasteiger partial charge in [0.15, 0.2) is 0 Å². The van der Waals surface area contributed by atoms with Crippen molar-refractivity contribution in [3.63, 3.8) is 0 Å². The van der Waals surface area contributed by atoms with E-state index in [2.05, 4.69) is 4.74 Å². The Kier molecular flexibility index (Phi) is 4.36. The maximum Gasteiger partial charge on any atom is 0.573 e. The summed E-state index contributed by atoms with van der Waals surface area (Å²) >= 11 is 0. The van der Waals surface area contributed by atoms with Gasteiger partial charge in [-0.25, -0.2) is 0 Å². The van der Waals surface area contributed by atoms with Gasteiger partial charge < -0.3 is 9.64 Å². The predicted octanol–water partition coefficient (Wildman–Crippen LogP) is 2.69. The predicted molar refractivity (Wildman–Crippen MR) is 60.9 cm³/mol. The van der Waals surface area contributed by atoms with Crippen LogP contribution in [0.5, 0.6) is 5.75 Å². The first kappa shape index (κ1) is 14.1. The number of carbonyl (C=O) groups is 1. The van der Waals surface area contributed by atoms with E-state index in [1.165, 1.54) is 41.3 Å². The van der Waals surface area contributed by atoms with Crippen LogP contribution in [0, 0.1) is 0 Å². The highest BCUT2D eigenvalue weighted by molar-refractivity contribution is 5.91. The number of hydrogen-bond donors (Lipinski definition) is 0. The minimum absolute atomic E-state index is 0.203. The van der Waals surface area contributed by atoms with Gasteiger partial charge in [0.2, 0.25) is 5.91 Å². The Morgan fingerprint density at radius 1 is 1.22 bits per heavy atom. The Morgan fingerprint density at radius 2 is 1.78 bits per heavy atom. The maximum atomic E-state index is 11.9. The van der Waals surface area contributed by atoms with Crippen LogP contribution in [0.1, 0.15) is 5.56 Å². The zero-order valence-corrected chi connectivity index (χ0v) is 9.86. The van der Waals surface area contributed by atoms with E-state index < -0.39 is 6.36 Å². The minimum Gasteiger partial charge on any atom is -0.406 e. The van der Waals surface area contributed by atoms with Gasteiger partial charge >= 0.3 is 6.36 Å². The van der Waals surface area contributed by atoms with Gasteiger partial charge in [0.25, 0.3) is 0 Å². The van der Waals surface area contributed by atoms with Crippen molar-refractivity contribution < 1.29 is 22.7 Å². The van der Waals surface area contributed by atoms with Crippen LogP contribution in [-0.2, 0) is 4.79 Å². The van der Waals surface area contributed by atoms with Crippen molar-refractivity contribution in [3.05, 3.63) is 35.9 Å². The van der Waals surface area contributed by atoms with E-state index in [0.29, 0.717) is 5.56 Å². The van der Waals surface area contributed by atoms with Gasteiger partial charge in [0, 0.05) is 20.2 Å². The molecule has 0 heterocycles. The second-order valence-corrected chi connectivity index (χ2v) is 3.68. The summed E-state index contributed by atoms with van der Waals surface area (Å²) in [5, 5.41) is 0. The average molecular weight is 259 g/mol. The quantitative estimate of drug-likeness (QED) is 0.781. The first-order valence-corrected chi connectivity index (χ1v) is 5.03. The first-order chi connectivity index (χ1) is 8.28. The van der Waals surface area contributed by atoms with Crippen molar-refractivity contribution in [1.82, 2.24) is 4.90 Å². The van der Waals surface area contributed by atoms with Crippen LogP contribution in [0.2, 0.25) is 0 Å². The summed E-state index contributed by atoms with van der Waals surface area (Å²) in [6.45, 7) is 0. The number of alkyl halides is 3. The molecule has 0 aliphatic heterocycles. The molecule has 0 bridgehead atoms. The molecule has 6 heteroatoms. The smallest absolute Gasteiger partial charge is 0.406 e. The number of hydrogen-bond acceptors (Lipinski definition) is 2. The molecule has 0 spiro atoms. The summed E-state index contributed by atoms with van der Waals surface area (Å²) in [4.78, 5) is 12.6. The highest BCUT2D eigenvalue weighted by Gasteiger charge is 2.30. The highest BCUT2D eigenvalue weighted by Crippen LogP contribution is 2.22. The third-order valence-corrected chi connectivity index (χ3v) is 1.97. The molecule has 0 saturated carbocycles. The molecule has 0 saturated heterocycles. The molecular weight excluding hydrogens is 247 g/mol. The van der Waals surface area contributed by atoms with Crippen LogP contribution >= 0.6 is 0 Å². The topological polar surface area (TPSA) is 29.5 Å². The van der Waals surface area contributed by atoms with Crippen molar-refractivity contribution in [3.8, 4) is 5.75 Å². The van der Waals surface area contributed by atoms with Crippen molar-refractivity contribution in [1.29, 1.82) is 0 Å². The number of nitrogens with zero attached hydrogens (tertiary/aromatic N) is 1. The molecule has 0 aromatic heterocycles. The lowest BCUT2D eigenvalue weighted by atomic mass is 10.2. The lowest BCUT2D eigenvalue weighted by Crippen LogP contribution is -2.18. The van der Waals surface area contributed by atoms with Gasteiger partial charge in [-0.1, -0.05) is 12.1 Å². The van der Waals surface area contributed by atoms with E-state index in [9.17, 15) is 18.0 Å². The van der Waals surface area contributed by atoms with Crippen LogP contribution in [0.3, 0.4) is 0 Å². The second-order valence-electron chi connectivity index (χ2n) is 3.68. The Balaban J connectivity index is 2.69. The summed E-state index contributed by atoms with van der Waals surface area (Å²) < 4.78 is 39.4. The van der Waals surface area contributed by atoms with Gasteiger partial charge in [0.1, 0.15) is 5.75 Å². The fourth-order valence-corrected chi connectivity index (χ4v) is 1.10. The molecule has 0 N–H and O–H groups in total. The zero-order chi connectivity index (χ0) is 13.8. The van der Waals surface area contributed by atoms with E-state index in [1.54, 1.807) is 14.1 Å². The van der Waals surface area contributed by atoms with Gasteiger partial charge in [0.05, 0.1) is 0 Å². The van der Waals surface area contributed by atoms with E-state index in [4.69, 9.17) is 0 Å². The monoisotopic (exact) mass is 259 g/mol. The van der Waals surface area contributed by atoms with Gasteiger partial charge in [-0.3, -0.25) is 4.79 Å². The summed E-state index contributed by atoms with van der Waals surface area (Å²) in [6.07, 6.45) is -1.85. The number of halogens is 3. The molecule has 0 aliphatic carbocycles. The molecular formula is C12H12F3NO2. The first-order valence-electron chi connectivity index (χ1n) is 5.03. The molecule has 1 aromatic rings. The van der Waals surface area contributed by atoms with Crippen LogP contribution in [0.4, 0.5) is 13.2 Å². The normalized spacial score (nSPS) is 11.6. The number of carbonyl (C=O) groups excluding carboxylic acids is 1. The molecule has 0 atom stereocenters. The van der Waals surface area contributed by atoms with Gasteiger partial charge in [-0.05, 0) is 23.8 Å². The molecule has 98 valence electrons. The van der Waals surface area contributed by atoms with E-state index in [-0.39, 0.29) is 11.7 Å². The number of benzene rings is 1. The minimum atomic E-state index is -4.70. The number of ether oxygens (including phenoxy) is 1. The SMILES string of the molecule is CN(C)C(=O)/C=C/c1ccc(OC(F)(F)F)cc1. The van der Waals surface area contributed by atoms with Crippen LogP contribution < -0.4 is 4.74 Å². The number of likely N-dealkylation sites (N-methyl/N-ethyl adjacent to an activating group) is 1. The molecule has 0 fully saturated rings. The van der Waals surface area contributed by atoms with E-state index in [0.717, 1.165) is 0 Å². The molecule has 18 heavy (non-hydrogen) atoms. The Labute approximate surface area is 102 Å². The second kappa shape index (κ2) is 5.57. The van der Waals surface area contributed by atoms with Crippen molar-refractivity contribution in [2.75, 3.05) is 14.1 Å². The fraction of sp³-hybridized carbons (Fsp3) is 0.250. The van der Waals surface area contributed by atoms with Gasteiger partial charge in [-0.15, -0.1) is 13.2 Å². The summed E-state index contributed by atoms with van der Waals surface area (Å²) in [7, 11) is 3.21. The molecule has 3 nitrogen and oxygen atoms in total. The van der Waals surface area contributed by atoms with Crippen LogP contribution in [-0.4, -0.2) is 31.3 Å². The summed E-state index contributed by atoms with van der Waals surface area (Å²) in [6, 6.07) is 5.24. The van der Waals surface area contributed by atoms with Crippen molar-refractivity contribution in [2.45, 2.75) is 6.36 Å². The van der Waals surface area contributed by atoms with E-state index in [1.807, 2.05) is 0 Å². The Morgan fingerprint density at radius 3 is 2.22 bits per heavy atom. The molecule has 0 radical (unpaired) electrons. The molecule has 0 aliphatic rings. The molecule has 1 amide bonds. The summed E-state index contributed by atoms with van der Waals surface area (Å²) in [5.74, 6) is -0.496. The molecule has 1 rings (SSSR count). The average Bonchev–Trinajstić information content (AvgIpc) is 2.25. The number of rotatable bonds is 3. The fourth-order valence-electron chi connectivity index (χ4n) is 1.10. The maximum absolute atomic E-state index is 11.9. The lowest BCUT2D eigenvalue weighted by molar-refractivity contribution is -0.274. The Bertz CT molecular complexity index is 436. The van der Waals surface area contributed by atoms with E-state index >= 15 is 0 Å². The van der Waals surface area contributed by atoms with Crippen LogP contribution in [0.25, 0.3) is 6.08 Å². The Hall–Kier alpha value is -1.98. The van der Waals surface area contributed by atoms with Gasteiger partial charge in [-0.2, -0.15) is 0 Å².